The van der Waals surface area contributed by atoms with E-state index in [1.54, 1.807) is 19.1 Å². The van der Waals surface area contributed by atoms with Crippen LogP contribution >= 0.6 is 11.3 Å². The molecule has 156 valence electrons. The van der Waals surface area contributed by atoms with Gasteiger partial charge in [0.25, 0.3) is 0 Å². The predicted molar refractivity (Wildman–Crippen MR) is 119 cm³/mol. The summed E-state index contributed by atoms with van der Waals surface area (Å²) in [5, 5.41) is 0.528. The number of fused-ring (bicyclic) bond motifs is 2. The second-order valence-electron chi connectivity index (χ2n) is 7.31. The SMILES string of the molecule is Cc1ccc(N(C(=O)CCc2ccc3c(c2)OCO3)c2nc3ccccc3s2)cc1F. The molecule has 0 fully saturated rings. The van der Waals surface area contributed by atoms with Gasteiger partial charge >= 0.3 is 0 Å². The zero-order valence-corrected chi connectivity index (χ0v) is 17.6. The third-order valence-electron chi connectivity index (χ3n) is 5.20. The molecular weight excluding hydrogens is 415 g/mol. The molecule has 0 unspecified atom stereocenters. The molecule has 5 rings (SSSR count). The van der Waals surface area contributed by atoms with Crippen molar-refractivity contribution in [3.8, 4) is 11.5 Å². The Balaban J connectivity index is 1.45. The molecule has 0 bridgehead atoms. The summed E-state index contributed by atoms with van der Waals surface area (Å²) in [5.74, 6) is 0.891. The van der Waals surface area contributed by atoms with Crippen LogP contribution in [-0.2, 0) is 11.2 Å². The van der Waals surface area contributed by atoms with Crippen LogP contribution in [0.25, 0.3) is 10.2 Å². The number of ether oxygens (including phenoxy) is 2. The maximum absolute atomic E-state index is 14.3. The first kappa shape index (κ1) is 19.5. The van der Waals surface area contributed by atoms with Crippen LogP contribution in [-0.4, -0.2) is 17.7 Å². The summed E-state index contributed by atoms with van der Waals surface area (Å²) in [6.45, 7) is 1.91. The van der Waals surface area contributed by atoms with Crippen molar-refractivity contribution in [3.05, 3.63) is 77.6 Å². The van der Waals surface area contributed by atoms with Crippen molar-refractivity contribution in [2.24, 2.45) is 0 Å². The fourth-order valence-electron chi connectivity index (χ4n) is 3.50. The standard InChI is InChI=1S/C24H19FN2O3S/c1-15-6-9-17(13-18(15)25)27(24-26-19-4-2-3-5-22(19)31-24)23(28)11-8-16-7-10-20-21(12-16)30-14-29-20/h2-7,9-10,12-13H,8,11,14H2,1H3. The van der Waals surface area contributed by atoms with E-state index >= 15 is 0 Å². The highest BCUT2D eigenvalue weighted by atomic mass is 32.1. The van der Waals surface area contributed by atoms with Gasteiger partial charge in [0, 0.05) is 6.42 Å². The monoisotopic (exact) mass is 434 g/mol. The molecule has 31 heavy (non-hydrogen) atoms. The lowest BCUT2D eigenvalue weighted by atomic mass is 10.1. The topological polar surface area (TPSA) is 51.7 Å². The number of rotatable bonds is 5. The highest BCUT2D eigenvalue weighted by Gasteiger charge is 2.23. The van der Waals surface area contributed by atoms with E-state index in [0.29, 0.717) is 34.3 Å². The Bertz CT molecular complexity index is 1250. The number of carbonyl (C=O) groups excluding carboxylic acids is 1. The van der Waals surface area contributed by atoms with Crippen LogP contribution in [0.5, 0.6) is 11.5 Å². The summed E-state index contributed by atoms with van der Waals surface area (Å²) in [5.41, 5.74) is 2.78. The van der Waals surface area contributed by atoms with Gasteiger partial charge in [-0.1, -0.05) is 35.6 Å². The van der Waals surface area contributed by atoms with Gasteiger partial charge in [0.1, 0.15) is 5.82 Å². The maximum Gasteiger partial charge on any atom is 0.233 e. The molecule has 7 heteroatoms. The van der Waals surface area contributed by atoms with E-state index in [-0.39, 0.29) is 24.9 Å². The Labute approximate surface area is 182 Å². The molecule has 1 aliphatic rings. The van der Waals surface area contributed by atoms with E-state index in [0.717, 1.165) is 15.8 Å². The maximum atomic E-state index is 14.3. The molecule has 1 aromatic heterocycles. The minimum Gasteiger partial charge on any atom is -0.454 e. The number of benzene rings is 3. The van der Waals surface area contributed by atoms with Gasteiger partial charge < -0.3 is 9.47 Å². The zero-order chi connectivity index (χ0) is 21.4. The quantitative estimate of drug-likeness (QED) is 0.400. The average molecular weight is 434 g/mol. The Morgan fingerprint density at radius 2 is 1.94 bits per heavy atom. The summed E-state index contributed by atoms with van der Waals surface area (Å²) < 4.78 is 26.1. The number of amides is 1. The molecule has 0 radical (unpaired) electrons. The van der Waals surface area contributed by atoms with Crippen LogP contribution in [0.1, 0.15) is 17.5 Å². The van der Waals surface area contributed by atoms with Crippen molar-refractivity contribution in [2.75, 3.05) is 11.7 Å². The fraction of sp³-hybridized carbons (Fsp3) is 0.167. The van der Waals surface area contributed by atoms with Crippen LogP contribution in [0.4, 0.5) is 15.2 Å². The van der Waals surface area contributed by atoms with Gasteiger partial charge in [-0.3, -0.25) is 9.69 Å². The average Bonchev–Trinajstić information content (AvgIpc) is 3.41. The molecule has 0 saturated heterocycles. The van der Waals surface area contributed by atoms with Crippen LogP contribution < -0.4 is 14.4 Å². The van der Waals surface area contributed by atoms with Crippen molar-refractivity contribution >= 4 is 38.3 Å². The van der Waals surface area contributed by atoms with Gasteiger partial charge in [0.2, 0.25) is 12.7 Å². The highest BCUT2D eigenvalue weighted by molar-refractivity contribution is 7.22. The number of aromatic nitrogens is 1. The van der Waals surface area contributed by atoms with Gasteiger partial charge in [-0.05, 0) is 60.9 Å². The van der Waals surface area contributed by atoms with Crippen LogP contribution in [0, 0.1) is 12.7 Å². The molecule has 2 heterocycles. The van der Waals surface area contributed by atoms with E-state index < -0.39 is 0 Å². The predicted octanol–water partition coefficient (Wildman–Crippen LogP) is 5.77. The minimum atomic E-state index is -0.354. The number of nitrogens with zero attached hydrogens (tertiary/aromatic N) is 2. The van der Waals surface area contributed by atoms with E-state index in [1.165, 1.54) is 22.3 Å². The van der Waals surface area contributed by atoms with Gasteiger partial charge in [-0.25, -0.2) is 9.37 Å². The molecule has 0 aliphatic carbocycles. The lowest BCUT2D eigenvalue weighted by molar-refractivity contribution is -0.117. The summed E-state index contributed by atoms with van der Waals surface area (Å²) in [4.78, 5) is 19.5. The molecule has 0 saturated carbocycles. The van der Waals surface area contributed by atoms with E-state index in [1.807, 2.05) is 42.5 Å². The number of para-hydroxylation sites is 1. The van der Waals surface area contributed by atoms with Crippen molar-refractivity contribution in [2.45, 2.75) is 19.8 Å². The fourth-order valence-corrected chi connectivity index (χ4v) is 4.50. The largest absolute Gasteiger partial charge is 0.454 e. The number of thiazole rings is 1. The molecule has 1 aliphatic heterocycles. The lowest BCUT2D eigenvalue weighted by Gasteiger charge is -2.20. The molecule has 1 amide bonds. The van der Waals surface area contributed by atoms with E-state index in [2.05, 4.69) is 4.98 Å². The Morgan fingerprint density at radius 3 is 2.77 bits per heavy atom. The normalized spacial score (nSPS) is 12.3. The Morgan fingerprint density at radius 1 is 1.10 bits per heavy atom. The molecular formula is C24H19FN2O3S. The zero-order valence-electron chi connectivity index (χ0n) is 16.8. The first-order chi connectivity index (χ1) is 15.1. The summed E-state index contributed by atoms with van der Waals surface area (Å²) in [7, 11) is 0. The van der Waals surface area contributed by atoms with Crippen LogP contribution in [0.3, 0.4) is 0 Å². The third-order valence-corrected chi connectivity index (χ3v) is 6.22. The van der Waals surface area contributed by atoms with Gasteiger partial charge in [-0.2, -0.15) is 0 Å². The molecule has 0 N–H and O–H groups in total. The van der Waals surface area contributed by atoms with Crippen molar-refractivity contribution in [3.63, 3.8) is 0 Å². The summed E-state index contributed by atoms with van der Waals surface area (Å²) >= 11 is 1.41. The molecule has 5 nitrogen and oxygen atoms in total. The van der Waals surface area contributed by atoms with E-state index in [9.17, 15) is 9.18 Å². The highest BCUT2D eigenvalue weighted by Crippen LogP contribution is 2.36. The Hall–Kier alpha value is -3.45. The molecule has 3 aromatic carbocycles. The number of hydrogen-bond acceptors (Lipinski definition) is 5. The number of carbonyl (C=O) groups is 1. The molecule has 0 atom stereocenters. The number of anilines is 2. The first-order valence-corrected chi connectivity index (χ1v) is 10.7. The van der Waals surface area contributed by atoms with Crippen LogP contribution in [0.15, 0.2) is 60.7 Å². The summed E-state index contributed by atoms with van der Waals surface area (Å²) in [6.07, 6.45) is 0.760. The smallest absolute Gasteiger partial charge is 0.233 e. The van der Waals surface area contributed by atoms with E-state index in [4.69, 9.17) is 9.47 Å². The molecule has 0 spiro atoms. The van der Waals surface area contributed by atoms with Crippen LogP contribution in [0.2, 0.25) is 0 Å². The first-order valence-electron chi connectivity index (χ1n) is 9.92. The number of hydrogen-bond donors (Lipinski definition) is 0. The Kier molecular flexibility index (Phi) is 5.03. The van der Waals surface area contributed by atoms with Crippen molar-refractivity contribution in [1.29, 1.82) is 0 Å². The third kappa shape index (κ3) is 3.84. The van der Waals surface area contributed by atoms with Crippen molar-refractivity contribution < 1.29 is 18.7 Å². The lowest BCUT2D eigenvalue weighted by Crippen LogP contribution is -2.26. The minimum absolute atomic E-state index is 0.153. The second kappa shape index (κ2) is 8.00. The number of halogens is 1. The van der Waals surface area contributed by atoms with Gasteiger partial charge in [0.05, 0.1) is 15.9 Å². The number of aryl methyl sites for hydroxylation is 2. The second-order valence-corrected chi connectivity index (χ2v) is 8.32. The van der Waals surface area contributed by atoms with Gasteiger partial charge in [0.15, 0.2) is 16.6 Å². The van der Waals surface area contributed by atoms with Crippen molar-refractivity contribution in [1.82, 2.24) is 4.98 Å². The molecule has 4 aromatic rings. The van der Waals surface area contributed by atoms with Gasteiger partial charge in [-0.15, -0.1) is 0 Å². The summed E-state index contributed by atoms with van der Waals surface area (Å²) in [6, 6.07) is 18.2.